The zero-order chi connectivity index (χ0) is 19.1. The lowest BCUT2D eigenvalue weighted by molar-refractivity contribution is 0.102. The van der Waals surface area contributed by atoms with Gasteiger partial charge in [-0.25, -0.2) is 4.98 Å². The van der Waals surface area contributed by atoms with Gasteiger partial charge in [-0.15, -0.1) is 0 Å². The summed E-state index contributed by atoms with van der Waals surface area (Å²) in [4.78, 5) is 17.3. The third-order valence-corrected chi connectivity index (χ3v) is 5.27. The fourth-order valence-corrected chi connectivity index (χ4v) is 3.94. The summed E-state index contributed by atoms with van der Waals surface area (Å²) in [6, 6.07) is 9.30. The van der Waals surface area contributed by atoms with Crippen molar-refractivity contribution in [3.05, 3.63) is 53.0 Å². The number of amides is 1. The second-order valence-electron chi connectivity index (χ2n) is 6.22. The quantitative estimate of drug-likeness (QED) is 0.570. The zero-order valence-corrected chi connectivity index (χ0v) is 16.2. The number of carbonyl (C=O) groups is 1. The number of aromatic nitrogens is 3. The highest BCUT2D eigenvalue weighted by molar-refractivity contribution is 7.22. The maximum Gasteiger partial charge on any atom is 0.259 e. The van der Waals surface area contributed by atoms with Crippen LogP contribution in [0.1, 0.15) is 27.5 Å². The first-order valence-electron chi connectivity index (χ1n) is 8.35. The molecule has 0 saturated carbocycles. The van der Waals surface area contributed by atoms with Crippen LogP contribution in [-0.2, 0) is 0 Å². The highest BCUT2D eigenvalue weighted by atomic mass is 32.1. The third-order valence-electron chi connectivity index (χ3n) is 4.34. The number of hydrogen-bond acceptors (Lipinski definition) is 6. The largest absolute Gasteiger partial charge is 0.497 e. The van der Waals surface area contributed by atoms with Gasteiger partial charge in [-0.05, 0) is 45.0 Å². The molecule has 138 valence electrons. The summed E-state index contributed by atoms with van der Waals surface area (Å²) >= 11 is 1.41. The van der Waals surface area contributed by atoms with Crippen molar-refractivity contribution in [2.24, 2.45) is 0 Å². The number of aryl methyl sites for hydroxylation is 2. The van der Waals surface area contributed by atoms with E-state index >= 15 is 0 Å². The molecule has 8 heteroatoms. The van der Waals surface area contributed by atoms with Gasteiger partial charge in [0.1, 0.15) is 11.5 Å². The number of fused-ring (bicyclic) bond motifs is 1. The van der Waals surface area contributed by atoms with E-state index in [1.807, 2.05) is 55.7 Å². The van der Waals surface area contributed by atoms with Crippen LogP contribution in [0.3, 0.4) is 0 Å². The lowest BCUT2D eigenvalue weighted by atomic mass is 10.2. The molecule has 0 radical (unpaired) electrons. The predicted octanol–water partition coefficient (Wildman–Crippen LogP) is 4.26. The summed E-state index contributed by atoms with van der Waals surface area (Å²) in [5, 5.41) is 7.48. The fourth-order valence-electron chi connectivity index (χ4n) is 3.05. The number of nitrogens with zero attached hydrogens (tertiary/aromatic N) is 3. The molecule has 0 saturated heterocycles. The second-order valence-corrected chi connectivity index (χ2v) is 7.25. The molecule has 0 aliphatic heterocycles. The van der Waals surface area contributed by atoms with Gasteiger partial charge in [0.05, 0.1) is 22.9 Å². The summed E-state index contributed by atoms with van der Waals surface area (Å²) in [7, 11) is 1.62. The molecule has 3 aromatic heterocycles. The summed E-state index contributed by atoms with van der Waals surface area (Å²) in [5.41, 5.74) is 3.09. The van der Waals surface area contributed by atoms with Crippen molar-refractivity contribution in [3.63, 3.8) is 0 Å². The zero-order valence-electron chi connectivity index (χ0n) is 15.4. The Morgan fingerprint density at radius 3 is 2.74 bits per heavy atom. The molecule has 3 heterocycles. The molecule has 0 spiro atoms. The molecule has 4 rings (SSSR count). The summed E-state index contributed by atoms with van der Waals surface area (Å²) in [6.07, 6.45) is 0. The Morgan fingerprint density at radius 2 is 2.04 bits per heavy atom. The number of ether oxygens (including phenoxy) is 1. The Hall–Kier alpha value is -3.13. The molecule has 0 unspecified atom stereocenters. The van der Waals surface area contributed by atoms with Crippen LogP contribution in [0.15, 0.2) is 34.9 Å². The van der Waals surface area contributed by atoms with Crippen molar-refractivity contribution in [1.29, 1.82) is 0 Å². The SMILES string of the molecule is COc1ccc2nc(NC(=O)c3cc(C)n(-c4cc(C)on4)c3C)sc2c1. The van der Waals surface area contributed by atoms with Crippen LogP contribution in [0.25, 0.3) is 16.0 Å². The Bertz CT molecular complexity index is 1160. The molecule has 27 heavy (non-hydrogen) atoms. The van der Waals surface area contributed by atoms with Gasteiger partial charge in [0.15, 0.2) is 10.9 Å². The third kappa shape index (κ3) is 3.08. The Labute approximate surface area is 159 Å². The van der Waals surface area contributed by atoms with Crippen LogP contribution >= 0.6 is 11.3 Å². The normalized spacial score (nSPS) is 11.1. The van der Waals surface area contributed by atoms with E-state index < -0.39 is 0 Å². The van der Waals surface area contributed by atoms with Crippen LogP contribution in [0.2, 0.25) is 0 Å². The first-order chi connectivity index (χ1) is 13.0. The Balaban J connectivity index is 1.64. The number of rotatable bonds is 4. The monoisotopic (exact) mass is 382 g/mol. The van der Waals surface area contributed by atoms with E-state index in [9.17, 15) is 4.79 Å². The van der Waals surface area contributed by atoms with E-state index in [1.54, 1.807) is 7.11 Å². The maximum absolute atomic E-state index is 12.8. The van der Waals surface area contributed by atoms with Crippen molar-refractivity contribution in [3.8, 4) is 11.6 Å². The van der Waals surface area contributed by atoms with E-state index in [0.717, 1.165) is 27.4 Å². The second kappa shape index (κ2) is 6.55. The molecule has 1 amide bonds. The van der Waals surface area contributed by atoms with Crippen molar-refractivity contribution in [1.82, 2.24) is 14.7 Å². The molecule has 0 aliphatic carbocycles. The predicted molar refractivity (Wildman–Crippen MR) is 104 cm³/mol. The van der Waals surface area contributed by atoms with Crippen LogP contribution in [0.4, 0.5) is 5.13 Å². The minimum Gasteiger partial charge on any atom is -0.497 e. The van der Waals surface area contributed by atoms with Crippen LogP contribution in [-0.4, -0.2) is 27.7 Å². The van der Waals surface area contributed by atoms with E-state index in [-0.39, 0.29) is 5.91 Å². The summed E-state index contributed by atoms with van der Waals surface area (Å²) in [5.74, 6) is 1.93. The topological polar surface area (TPSA) is 82.2 Å². The minimum atomic E-state index is -0.208. The fraction of sp³-hybridized carbons (Fsp3) is 0.211. The lowest BCUT2D eigenvalue weighted by Crippen LogP contribution is -2.13. The molecule has 0 fully saturated rings. The van der Waals surface area contributed by atoms with Crippen molar-refractivity contribution in [2.45, 2.75) is 20.8 Å². The number of thiazole rings is 1. The van der Waals surface area contributed by atoms with Gasteiger partial charge in [0, 0.05) is 17.5 Å². The van der Waals surface area contributed by atoms with Gasteiger partial charge in [0.2, 0.25) is 0 Å². The number of anilines is 1. The van der Waals surface area contributed by atoms with E-state index in [2.05, 4.69) is 15.5 Å². The van der Waals surface area contributed by atoms with Crippen molar-refractivity contribution in [2.75, 3.05) is 12.4 Å². The van der Waals surface area contributed by atoms with Gasteiger partial charge < -0.3 is 9.26 Å². The molecular weight excluding hydrogens is 364 g/mol. The molecular formula is C19H18N4O3S. The number of methoxy groups -OCH3 is 1. The maximum atomic E-state index is 12.8. The average molecular weight is 382 g/mol. The Morgan fingerprint density at radius 1 is 1.22 bits per heavy atom. The van der Waals surface area contributed by atoms with Crippen LogP contribution in [0.5, 0.6) is 5.75 Å². The number of hydrogen-bond donors (Lipinski definition) is 1. The van der Waals surface area contributed by atoms with E-state index in [0.29, 0.717) is 22.3 Å². The molecule has 4 aromatic rings. The van der Waals surface area contributed by atoms with Gasteiger partial charge in [-0.2, -0.15) is 0 Å². The Kier molecular flexibility index (Phi) is 4.19. The lowest BCUT2D eigenvalue weighted by Gasteiger charge is -2.05. The minimum absolute atomic E-state index is 0.208. The van der Waals surface area contributed by atoms with E-state index in [4.69, 9.17) is 9.26 Å². The molecule has 1 N–H and O–H groups in total. The molecule has 0 bridgehead atoms. The molecule has 0 atom stereocenters. The highest BCUT2D eigenvalue weighted by Crippen LogP contribution is 2.30. The number of benzene rings is 1. The van der Waals surface area contributed by atoms with Gasteiger partial charge in [-0.1, -0.05) is 16.5 Å². The van der Waals surface area contributed by atoms with Gasteiger partial charge >= 0.3 is 0 Å². The van der Waals surface area contributed by atoms with Crippen molar-refractivity contribution >= 4 is 32.6 Å². The highest BCUT2D eigenvalue weighted by Gasteiger charge is 2.19. The first kappa shape index (κ1) is 17.3. The first-order valence-corrected chi connectivity index (χ1v) is 9.16. The molecule has 1 aromatic carbocycles. The van der Waals surface area contributed by atoms with Gasteiger partial charge in [-0.3, -0.25) is 14.7 Å². The van der Waals surface area contributed by atoms with Crippen molar-refractivity contribution < 1.29 is 14.1 Å². The van der Waals surface area contributed by atoms with E-state index in [1.165, 1.54) is 11.3 Å². The number of carbonyl (C=O) groups excluding carboxylic acids is 1. The molecule has 7 nitrogen and oxygen atoms in total. The summed E-state index contributed by atoms with van der Waals surface area (Å²) < 4.78 is 13.2. The smallest absolute Gasteiger partial charge is 0.259 e. The summed E-state index contributed by atoms with van der Waals surface area (Å²) in [6.45, 7) is 5.65. The molecule has 0 aliphatic rings. The standard InChI is InChI=1S/C19H18N4O3S/c1-10-7-14(12(3)23(10)17-8-11(2)26-22-17)18(24)21-19-20-15-6-5-13(25-4)9-16(15)27-19/h5-9H,1-4H3,(H,20,21,24). The van der Waals surface area contributed by atoms with Crippen LogP contribution < -0.4 is 10.1 Å². The average Bonchev–Trinajstić information content (AvgIpc) is 3.31. The number of nitrogens with one attached hydrogen (secondary N) is 1. The van der Waals surface area contributed by atoms with Crippen LogP contribution in [0, 0.1) is 20.8 Å². The van der Waals surface area contributed by atoms with Gasteiger partial charge in [0.25, 0.3) is 5.91 Å².